The number of β-lactam (4-membered cyclic amide) rings is 1. The summed E-state index contributed by atoms with van der Waals surface area (Å²) in [7, 11) is -5.04. The number of amides is 3. The zero-order valence-corrected chi connectivity index (χ0v) is 20.5. The molecule has 0 saturated carbocycles. The van der Waals surface area contributed by atoms with E-state index in [0.29, 0.717) is 0 Å². The smallest absolute Gasteiger partial charge is 0.410 e. The second-order valence-corrected chi connectivity index (χ2v) is 10.4. The maximum Gasteiger partial charge on any atom is 0.410 e. The number of oxime groups is 1. The van der Waals surface area contributed by atoms with Crippen LogP contribution in [-0.2, 0) is 34.3 Å². The van der Waals surface area contributed by atoms with Crippen LogP contribution in [0.4, 0.5) is 9.93 Å². The maximum absolute atomic E-state index is 13.0. The summed E-state index contributed by atoms with van der Waals surface area (Å²) >= 11 is 0.935. The number of thiazole rings is 1. The summed E-state index contributed by atoms with van der Waals surface area (Å²) in [6, 6.07) is -2.93. The number of hydrogen-bond donors (Lipinski definition) is 5. The number of carbonyl (C=O) groups excluding carboxylic acids is 3. The van der Waals surface area contributed by atoms with E-state index in [2.05, 4.69) is 15.5 Å². The molecule has 198 valence electrons. The predicted molar refractivity (Wildman–Crippen MR) is 121 cm³/mol. The Hall–Kier alpha value is -3.55. The summed E-state index contributed by atoms with van der Waals surface area (Å²) in [6.45, 7) is 1.90. The average molecular weight is 550 g/mol. The standard InChI is InChI=1S/C17H23N7O10S2/c1-17(2,14(27)28)34-22-10(8-6-35-15(19)20-8)12(25)21-11-9(24(13(11)26)36(30,31)32)5-23-4-7(3-18)33-16(23)29/h6-7,9,11H,3-5,18H2,1-2H3,(H2,19,20)(H,21,25)(H,27,28)(H,30,31,32)/b22-10-/t7?,9-,11+/m1/s1. The molecule has 17 nitrogen and oxygen atoms in total. The highest BCUT2D eigenvalue weighted by Gasteiger charge is 2.55. The fourth-order valence-electron chi connectivity index (χ4n) is 3.22. The van der Waals surface area contributed by atoms with Gasteiger partial charge in [-0.05, 0) is 13.8 Å². The van der Waals surface area contributed by atoms with E-state index in [-0.39, 0.29) is 28.2 Å². The Balaban J connectivity index is 1.86. The van der Waals surface area contributed by atoms with E-state index in [4.69, 9.17) is 21.0 Å². The zero-order valence-electron chi connectivity index (χ0n) is 18.9. The largest absolute Gasteiger partial charge is 0.478 e. The van der Waals surface area contributed by atoms with Crippen molar-refractivity contribution < 1.29 is 46.8 Å². The van der Waals surface area contributed by atoms with Crippen molar-refractivity contribution >= 4 is 56.4 Å². The first-order valence-corrected chi connectivity index (χ1v) is 12.4. The lowest BCUT2D eigenvalue weighted by molar-refractivity contribution is -0.161. The van der Waals surface area contributed by atoms with Crippen LogP contribution in [0.2, 0.25) is 0 Å². The van der Waals surface area contributed by atoms with E-state index in [1.165, 1.54) is 19.2 Å². The fourth-order valence-corrected chi connectivity index (χ4v) is 4.64. The Bertz CT molecular complexity index is 1210. The highest BCUT2D eigenvalue weighted by molar-refractivity contribution is 7.84. The van der Waals surface area contributed by atoms with Crippen LogP contribution < -0.4 is 16.8 Å². The molecule has 3 rings (SSSR count). The predicted octanol–water partition coefficient (Wildman–Crippen LogP) is -2.41. The van der Waals surface area contributed by atoms with Gasteiger partial charge in [0, 0.05) is 18.5 Å². The van der Waals surface area contributed by atoms with Gasteiger partial charge in [-0.3, -0.25) is 14.1 Å². The number of nitrogens with zero attached hydrogens (tertiary/aromatic N) is 4. The number of carbonyl (C=O) groups is 4. The average Bonchev–Trinajstić information content (AvgIpc) is 3.35. The summed E-state index contributed by atoms with van der Waals surface area (Å²) < 4.78 is 38.1. The lowest BCUT2D eigenvalue weighted by Crippen LogP contribution is -2.74. The highest BCUT2D eigenvalue weighted by atomic mass is 32.2. The SMILES string of the molecule is CC(C)(O/N=C(\C(=O)N[C@@H]1C(=O)N(S(=O)(=O)O)[C@@H]1CN1CC(CN)OC1=O)c1csc(N)n1)C(=O)O. The normalized spacial score (nSPS) is 22.8. The van der Waals surface area contributed by atoms with Gasteiger partial charge in [0.15, 0.2) is 10.8 Å². The van der Waals surface area contributed by atoms with Gasteiger partial charge in [0.1, 0.15) is 17.8 Å². The van der Waals surface area contributed by atoms with Crippen LogP contribution in [0.5, 0.6) is 0 Å². The van der Waals surface area contributed by atoms with E-state index in [9.17, 15) is 37.3 Å². The van der Waals surface area contributed by atoms with Crippen molar-refractivity contribution in [1.29, 1.82) is 0 Å². The van der Waals surface area contributed by atoms with Crippen molar-refractivity contribution in [2.24, 2.45) is 10.9 Å². The number of aromatic nitrogens is 1. The number of aliphatic carboxylic acids is 1. The minimum Gasteiger partial charge on any atom is -0.478 e. The molecule has 0 bridgehead atoms. The van der Waals surface area contributed by atoms with Crippen molar-refractivity contribution in [1.82, 2.24) is 19.5 Å². The third kappa shape index (κ3) is 5.48. The van der Waals surface area contributed by atoms with Crippen molar-refractivity contribution in [2.75, 3.05) is 25.4 Å². The molecule has 19 heteroatoms. The Morgan fingerprint density at radius 1 is 1.42 bits per heavy atom. The first-order chi connectivity index (χ1) is 16.7. The minimum atomic E-state index is -5.04. The molecule has 3 heterocycles. The van der Waals surface area contributed by atoms with Gasteiger partial charge >= 0.3 is 22.4 Å². The second-order valence-electron chi connectivity index (χ2n) is 8.19. The molecule has 0 aromatic carbocycles. The summed E-state index contributed by atoms with van der Waals surface area (Å²) in [6.07, 6.45) is -1.49. The summed E-state index contributed by atoms with van der Waals surface area (Å²) in [5.74, 6) is -3.68. The Morgan fingerprint density at radius 3 is 2.58 bits per heavy atom. The number of hydrogen-bond acceptors (Lipinski definition) is 13. The summed E-state index contributed by atoms with van der Waals surface area (Å²) in [4.78, 5) is 58.9. The number of nitrogen functional groups attached to an aromatic ring is 1. The molecule has 0 spiro atoms. The molecule has 2 saturated heterocycles. The monoisotopic (exact) mass is 549 g/mol. The first kappa shape index (κ1) is 27.0. The molecule has 2 aliphatic rings. The van der Waals surface area contributed by atoms with Crippen LogP contribution in [0.15, 0.2) is 10.5 Å². The molecule has 36 heavy (non-hydrogen) atoms. The Kier molecular flexibility index (Phi) is 7.39. The number of rotatable bonds is 10. The molecule has 3 amide bonds. The molecule has 1 aromatic rings. The molecule has 1 unspecified atom stereocenters. The van der Waals surface area contributed by atoms with Crippen molar-refractivity contribution in [3.05, 3.63) is 11.1 Å². The third-order valence-corrected chi connectivity index (χ3v) is 6.81. The Labute approximate surface area is 207 Å². The third-order valence-electron chi connectivity index (χ3n) is 5.18. The number of nitrogens with two attached hydrogens (primary N) is 2. The van der Waals surface area contributed by atoms with Gasteiger partial charge in [0.05, 0.1) is 12.6 Å². The number of nitrogens with one attached hydrogen (secondary N) is 1. The summed E-state index contributed by atoms with van der Waals surface area (Å²) in [5.41, 5.74) is 8.56. The maximum atomic E-state index is 13.0. The van der Waals surface area contributed by atoms with Crippen LogP contribution in [0.3, 0.4) is 0 Å². The van der Waals surface area contributed by atoms with E-state index < -0.39 is 70.2 Å². The molecule has 1 aromatic heterocycles. The van der Waals surface area contributed by atoms with E-state index in [0.717, 1.165) is 16.2 Å². The van der Waals surface area contributed by atoms with Crippen molar-refractivity contribution in [2.45, 2.75) is 37.6 Å². The first-order valence-electron chi connectivity index (χ1n) is 10.1. The van der Waals surface area contributed by atoms with Crippen LogP contribution in [0.25, 0.3) is 0 Å². The lowest BCUT2D eigenvalue weighted by Gasteiger charge is -2.45. The highest BCUT2D eigenvalue weighted by Crippen LogP contribution is 2.26. The second kappa shape index (κ2) is 9.84. The van der Waals surface area contributed by atoms with Crippen LogP contribution in [-0.4, -0.2) is 105 Å². The van der Waals surface area contributed by atoms with Crippen molar-refractivity contribution in [3.63, 3.8) is 0 Å². The molecule has 2 aliphatic heterocycles. The van der Waals surface area contributed by atoms with Gasteiger partial charge in [-0.2, -0.15) is 8.42 Å². The van der Waals surface area contributed by atoms with Crippen molar-refractivity contribution in [3.8, 4) is 0 Å². The molecule has 0 aliphatic carbocycles. The van der Waals surface area contributed by atoms with E-state index in [1.807, 2.05) is 0 Å². The van der Waals surface area contributed by atoms with Gasteiger partial charge in [-0.15, -0.1) is 11.3 Å². The number of cyclic esters (lactones) is 1. The molecule has 7 N–H and O–H groups in total. The molecule has 0 radical (unpaired) electrons. The fraction of sp³-hybridized carbons (Fsp3) is 0.529. The lowest BCUT2D eigenvalue weighted by atomic mass is 9.97. The van der Waals surface area contributed by atoms with Gasteiger partial charge in [-0.25, -0.2) is 18.9 Å². The van der Waals surface area contributed by atoms with Crippen LogP contribution in [0.1, 0.15) is 19.5 Å². The van der Waals surface area contributed by atoms with Gasteiger partial charge in [0.2, 0.25) is 5.60 Å². The number of carboxylic acids is 1. The van der Waals surface area contributed by atoms with Crippen LogP contribution in [0, 0.1) is 0 Å². The van der Waals surface area contributed by atoms with Gasteiger partial charge < -0.3 is 36.4 Å². The summed E-state index contributed by atoms with van der Waals surface area (Å²) in [5, 5.41) is 16.4. The van der Waals surface area contributed by atoms with Crippen LogP contribution >= 0.6 is 11.3 Å². The molecule has 3 atom stereocenters. The quantitative estimate of drug-likeness (QED) is 0.0882. The molecular weight excluding hydrogens is 526 g/mol. The van der Waals surface area contributed by atoms with Gasteiger partial charge in [0.25, 0.3) is 11.8 Å². The minimum absolute atomic E-state index is 0.00268. The topological polar surface area (TPSA) is 257 Å². The number of carboxylic acid groups (broad SMARTS) is 1. The van der Waals surface area contributed by atoms with Gasteiger partial charge in [-0.1, -0.05) is 5.16 Å². The molecular formula is C17H23N7O10S2. The Morgan fingerprint density at radius 2 is 2.08 bits per heavy atom. The zero-order chi connectivity index (χ0) is 27.0. The van der Waals surface area contributed by atoms with E-state index >= 15 is 0 Å². The van der Waals surface area contributed by atoms with E-state index in [1.54, 1.807) is 0 Å². The number of ether oxygens (including phenoxy) is 1. The number of anilines is 1. The molecule has 2 fully saturated rings.